The molecule has 25 heavy (non-hydrogen) atoms. The van der Waals surface area contributed by atoms with Crippen LogP contribution in [-0.2, 0) is 16.1 Å². The molecular formula is C20H28N2O3. The Bertz CT molecular complexity index is 638. The standard InChI is InChI=1S/C20H28N2O3/c1-14(23)18-17-11-10-16(22(17)19(24)25-20(2,3)4)13-21(18)12-15-8-6-5-7-9-15/h5-9,16-18H,10-13H2,1-4H3/t16-,17+,18-/m1/s1. The van der Waals surface area contributed by atoms with Gasteiger partial charge in [0.25, 0.3) is 0 Å². The van der Waals surface area contributed by atoms with Gasteiger partial charge in [0.1, 0.15) is 11.4 Å². The minimum absolute atomic E-state index is 0.0881. The SMILES string of the molecule is CC(=O)[C@@H]1[C@@H]2CC[C@H](CN1Cc1ccccc1)N2C(=O)OC(C)(C)C. The molecule has 0 saturated carbocycles. The van der Waals surface area contributed by atoms with Gasteiger partial charge in [-0.25, -0.2) is 4.79 Å². The minimum Gasteiger partial charge on any atom is -0.444 e. The van der Waals surface area contributed by atoms with Crippen molar-refractivity contribution in [3.63, 3.8) is 0 Å². The maximum atomic E-state index is 12.7. The number of benzene rings is 1. The number of hydrogen-bond donors (Lipinski definition) is 0. The lowest BCUT2D eigenvalue weighted by Gasteiger charge is -2.46. The van der Waals surface area contributed by atoms with Crippen molar-refractivity contribution >= 4 is 11.9 Å². The number of amides is 1. The Kier molecular flexibility index (Phi) is 4.87. The van der Waals surface area contributed by atoms with Gasteiger partial charge in [-0.15, -0.1) is 0 Å². The van der Waals surface area contributed by atoms with Crippen molar-refractivity contribution < 1.29 is 14.3 Å². The Balaban J connectivity index is 1.81. The molecule has 2 aliphatic rings. The summed E-state index contributed by atoms with van der Waals surface area (Å²) in [6, 6.07) is 9.97. The first-order chi connectivity index (χ1) is 11.8. The third kappa shape index (κ3) is 3.87. The Hall–Kier alpha value is -1.88. The predicted molar refractivity (Wildman–Crippen MR) is 96.2 cm³/mol. The summed E-state index contributed by atoms with van der Waals surface area (Å²) in [4.78, 5) is 29.2. The molecule has 3 atom stereocenters. The molecule has 0 spiro atoms. The van der Waals surface area contributed by atoms with Crippen LogP contribution in [0.2, 0.25) is 0 Å². The van der Waals surface area contributed by atoms with Crippen LogP contribution in [0.1, 0.15) is 46.1 Å². The minimum atomic E-state index is -0.524. The summed E-state index contributed by atoms with van der Waals surface area (Å²) in [5.41, 5.74) is 0.669. The van der Waals surface area contributed by atoms with Gasteiger partial charge in [-0.3, -0.25) is 14.6 Å². The zero-order valence-corrected chi connectivity index (χ0v) is 15.6. The molecule has 5 nitrogen and oxygen atoms in total. The van der Waals surface area contributed by atoms with E-state index < -0.39 is 5.60 Å². The molecule has 2 saturated heterocycles. The molecule has 2 aliphatic heterocycles. The van der Waals surface area contributed by atoms with Gasteiger partial charge in [0.15, 0.2) is 0 Å². The number of hydrogen-bond acceptors (Lipinski definition) is 4. The summed E-state index contributed by atoms with van der Waals surface area (Å²) >= 11 is 0. The second-order valence-electron chi connectivity index (χ2n) is 8.16. The summed E-state index contributed by atoms with van der Waals surface area (Å²) in [6.07, 6.45) is 1.50. The Morgan fingerprint density at radius 1 is 1.16 bits per heavy atom. The molecule has 1 amide bonds. The molecule has 2 bridgehead atoms. The van der Waals surface area contributed by atoms with Gasteiger partial charge in [0.2, 0.25) is 0 Å². The van der Waals surface area contributed by atoms with Crippen molar-refractivity contribution in [2.75, 3.05) is 6.54 Å². The molecule has 5 heteroatoms. The highest BCUT2D eigenvalue weighted by atomic mass is 16.6. The average molecular weight is 344 g/mol. The predicted octanol–water partition coefficient (Wildman–Crippen LogP) is 3.23. The third-order valence-corrected chi connectivity index (χ3v) is 5.00. The van der Waals surface area contributed by atoms with Gasteiger partial charge in [-0.2, -0.15) is 0 Å². The zero-order valence-electron chi connectivity index (χ0n) is 15.6. The molecule has 136 valence electrons. The van der Waals surface area contributed by atoms with Gasteiger partial charge < -0.3 is 4.74 Å². The quantitative estimate of drug-likeness (QED) is 0.845. The number of fused-ring (bicyclic) bond motifs is 2. The van der Waals surface area contributed by atoms with E-state index in [4.69, 9.17) is 4.74 Å². The number of piperazine rings is 1. The van der Waals surface area contributed by atoms with Crippen LogP contribution < -0.4 is 0 Å². The molecular weight excluding hydrogens is 316 g/mol. The number of ether oxygens (including phenoxy) is 1. The summed E-state index contributed by atoms with van der Waals surface area (Å²) in [5.74, 6) is 0.120. The van der Waals surface area contributed by atoms with Crippen molar-refractivity contribution in [2.45, 2.75) is 70.8 Å². The van der Waals surface area contributed by atoms with Crippen LogP contribution in [0.25, 0.3) is 0 Å². The monoisotopic (exact) mass is 344 g/mol. The molecule has 1 aromatic carbocycles. The van der Waals surface area contributed by atoms with Crippen LogP contribution in [0.5, 0.6) is 0 Å². The number of ketones is 1. The highest BCUT2D eigenvalue weighted by Crippen LogP contribution is 2.36. The largest absolute Gasteiger partial charge is 0.444 e. The Morgan fingerprint density at radius 3 is 2.44 bits per heavy atom. The molecule has 0 radical (unpaired) electrons. The van der Waals surface area contributed by atoms with E-state index in [0.717, 1.165) is 25.9 Å². The van der Waals surface area contributed by atoms with Gasteiger partial charge >= 0.3 is 6.09 Å². The fraction of sp³-hybridized carbons (Fsp3) is 0.600. The fourth-order valence-corrected chi connectivity index (χ4v) is 4.14. The zero-order chi connectivity index (χ0) is 18.2. The van der Waals surface area contributed by atoms with Gasteiger partial charge in [-0.05, 0) is 46.1 Å². The number of carbonyl (C=O) groups excluding carboxylic acids is 2. The number of nitrogens with zero attached hydrogens (tertiary/aromatic N) is 2. The first-order valence-corrected chi connectivity index (χ1v) is 9.06. The van der Waals surface area contributed by atoms with E-state index in [1.807, 2.05) is 43.9 Å². The fourth-order valence-electron chi connectivity index (χ4n) is 4.14. The van der Waals surface area contributed by atoms with Crippen LogP contribution in [0.4, 0.5) is 4.79 Å². The van der Waals surface area contributed by atoms with Crippen LogP contribution >= 0.6 is 0 Å². The highest BCUT2D eigenvalue weighted by Gasteiger charge is 2.50. The number of Topliss-reactive ketones (excluding diaryl/α,β-unsaturated/α-hetero) is 1. The second kappa shape index (κ2) is 6.79. The maximum absolute atomic E-state index is 12.7. The summed E-state index contributed by atoms with van der Waals surface area (Å²) < 4.78 is 5.60. The van der Waals surface area contributed by atoms with Gasteiger partial charge in [0.05, 0.1) is 12.1 Å². The van der Waals surface area contributed by atoms with Crippen molar-refractivity contribution in [1.29, 1.82) is 0 Å². The summed E-state index contributed by atoms with van der Waals surface area (Å²) in [7, 11) is 0. The lowest BCUT2D eigenvalue weighted by Crippen LogP contribution is -2.63. The number of likely N-dealkylation sites (tertiary alicyclic amines) is 1. The second-order valence-corrected chi connectivity index (χ2v) is 8.16. The molecule has 0 aliphatic carbocycles. The van der Waals surface area contributed by atoms with Crippen LogP contribution in [-0.4, -0.2) is 51.9 Å². The normalized spacial score (nSPS) is 26.6. The van der Waals surface area contributed by atoms with Crippen molar-refractivity contribution in [3.8, 4) is 0 Å². The molecule has 0 unspecified atom stereocenters. The average Bonchev–Trinajstić information content (AvgIpc) is 2.81. The molecule has 2 heterocycles. The van der Waals surface area contributed by atoms with E-state index in [2.05, 4.69) is 17.0 Å². The molecule has 3 rings (SSSR count). The molecule has 0 N–H and O–H groups in total. The van der Waals surface area contributed by atoms with E-state index in [1.165, 1.54) is 5.56 Å². The first kappa shape index (κ1) is 17.9. The van der Waals surface area contributed by atoms with Crippen LogP contribution in [0.3, 0.4) is 0 Å². The third-order valence-electron chi connectivity index (χ3n) is 5.00. The van der Waals surface area contributed by atoms with E-state index in [9.17, 15) is 9.59 Å². The maximum Gasteiger partial charge on any atom is 0.410 e. The van der Waals surface area contributed by atoms with E-state index >= 15 is 0 Å². The van der Waals surface area contributed by atoms with Crippen LogP contribution in [0.15, 0.2) is 30.3 Å². The Morgan fingerprint density at radius 2 is 1.84 bits per heavy atom. The molecule has 1 aromatic rings. The lowest BCUT2D eigenvalue weighted by atomic mass is 9.98. The van der Waals surface area contributed by atoms with Crippen LogP contribution in [0, 0.1) is 0 Å². The summed E-state index contributed by atoms with van der Waals surface area (Å²) in [6.45, 7) is 8.71. The van der Waals surface area contributed by atoms with Crippen molar-refractivity contribution in [3.05, 3.63) is 35.9 Å². The van der Waals surface area contributed by atoms with Gasteiger partial charge in [0, 0.05) is 19.1 Å². The lowest BCUT2D eigenvalue weighted by molar-refractivity contribution is -0.127. The highest BCUT2D eigenvalue weighted by molar-refractivity contribution is 5.84. The summed E-state index contributed by atoms with van der Waals surface area (Å²) in [5, 5.41) is 0. The smallest absolute Gasteiger partial charge is 0.410 e. The number of rotatable bonds is 3. The van der Waals surface area contributed by atoms with Gasteiger partial charge in [-0.1, -0.05) is 30.3 Å². The molecule has 2 fully saturated rings. The van der Waals surface area contributed by atoms with E-state index in [0.29, 0.717) is 0 Å². The van der Waals surface area contributed by atoms with E-state index in [-0.39, 0.29) is 30.0 Å². The van der Waals surface area contributed by atoms with E-state index in [1.54, 1.807) is 6.92 Å². The van der Waals surface area contributed by atoms with Crippen molar-refractivity contribution in [2.24, 2.45) is 0 Å². The Labute approximate surface area is 149 Å². The van der Waals surface area contributed by atoms with Crippen molar-refractivity contribution in [1.82, 2.24) is 9.80 Å². The number of carbonyl (C=O) groups is 2. The molecule has 0 aromatic heterocycles. The topological polar surface area (TPSA) is 49.9 Å². The first-order valence-electron chi connectivity index (χ1n) is 9.06.